The van der Waals surface area contributed by atoms with Crippen LogP contribution < -0.4 is 5.32 Å². The zero-order valence-corrected chi connectivity index (χ0v) is 13.1. The lowest BCUT2D eigenvalue weighted by Gasteiger charge is -2.26. The van der Waals surface area contributed by atoms with Gasteiger partial charge in [0.05, 0.1) is 11.6 Å². The second-order valence-corrected chi connectivity index (χ2v) is 5.88. The van der Waals surface area contributed by atoms with Gasteiger partial charge in [0.1, 0.15) is 5.54 Å². The van der Waals surface area contributed by atoms with Crippen molar-refractivity contribution >= 4 is 29.3 Å². The summed E-state index contributed by atoms with van der Waals surface area (Å²) in [6.07, 6.45) is 0.679. The number of benzene rings is 1. The molecule has 1 rings (SSSR count). The van der Waals surface area contributed by atoms with Crippen LogP contribution in [0.15, 0.2) is 29.2 Å². The van der Waals surface area contributed by atoms with Gasteiger partial charge in [0.25, 0.3) is 0 Å². The van der Waals surface area contributed by atoms with Crippen LogP contribution in [-0.2, 0) is 9.53 Å². The van der Waals surface area contributed by atoms with E-state index >= 15 is 0 Å². The smallest absolute Gasteiger partial charge is 0.326 e. The van der Waals surface area contributed by atoms with Crippen molar-refractivity contribution in [2.75, 3.05) is 19.4 Å². The molecule has 0 bridgehead atoms. The predicted molar refractivity (Wildman–Crippen MR) is 80.9 cm³/mol. The van der Waals surface area contributed by atoms with Gasteiger partial charge in [-0.05, 0) is 39.4 Å². The molecule has 1 N–H and O–H groups in total. The number of likely N-dealkylation sites (N-methyl/N-ethyl adjacent to an activating group) is 1. The van der Waals surface area contributed by atoms with E-state index in [4.69, 9.17) is 16.3 Å². The molecule has 0 aromatic heterocycles. The van der Waals surface area contributed by atoms with E-state index in [2.05, 4.69) is 5.32 Å². The summed E-state index contributed by atoms with van der Waals surface area (Å²) in [6.45, 7) is 4.07. The molecule has 0 aliphatic carbocycles. The molecule has 5 heteroatoms. The van der Waals surface area contributed by atoms with E-state index in [-0.39, 0.29) is 5.97 Å². The van der Waals surface area contributed by atoms with E-state index in [9.17, 15) is 4.79 Å². The highest BCUT2D eigenvalue weighted by Gasteiger charge is 2.32. The summed E-state index contributed by atoms with van der Waals surface area (Å²) in [5, 5.41) is 3.79. The minimum absolute atomic E-state index is 0.211. The lowest BCUT2D eigenvalue weighted by Crippen LogP contribution is -2.49. The first-order valence-corrected chi connectivity index (χ1v) is 7.63. The Balaban J connectivity index is 2.55. The third-order valence-corrected chi connectivity index (χ3v) is 4.49. The Morgan fingerprint density at radius 3 is 2.74 bits per heavy atom. The van der Waals surface area contributed by atoms with Crippen LogP contribution in [0.5, 0.6) is 0 Å². The van der Waals surface area contributed by atoms with Crippen LogP contribution in [0.2, 0.25) is 5.02 Å². The molecule has 0 saturated carbocycles. The van der Waals surface area contributed by atoms with E-state index < -0.39 is 5.54 Å². The number of hydrogen-bond donors (Lipinski definition) is 1. The van der Waals surface area contributed by atoms with E-state index in [0.29, 0.717) is 13.0 Å². The van der Waals surface area contributed by atoms with Gasteiger partial charge in [0.15, 0.2) is 0 Å². The highest BCUT2D eigenvalue weighted by atomic mass is 35.5. The molecule has 106 valence electrons. The number of nitrogens with one attached hydrogen (secondary N) is 1. The molecular formula is C14H20ClNO2S. The summed E-state index contributed by atoms with van der Waals surface area (Å²) in [7, 11) is 1.77. The van der Waals surface area contributed by atoms with Gasteiger partial charge < -0.3 is 10.1 Å². The molecule has 0 fully saturated rings. The van der Waals surface area contributed by atoms with Crippen LogP contribution in [0.1, 0.15) is 20.3 Å². The Kier molecular flexibility index (Phi) is 6.69. The number of ether oxygens (including phenoxy) is 1. The quantitative estimate of drug-likeness (QED) is 0.619. The third kappa shape index (κ3) is 4.71. The first kappa shape index (κ1) is 16.3. The fourth-order valence-corrected chi connectivity index (χ4v) is 2.96. The maximum Gasteiger partial charge on any atom is 0.326 e. The summed E-state index contributed by atoms with van der Waals surface area (Å²) >= 11 is 7.74. The molecule has 1 aromatic rings. The minimum Gasteiger partial charge on any atom is -0.465 e. The van der Waals surface area contributed by atoms with Crippen molar-refractivity contribution in [3.8, 4) is 0 Å². The molecule has 1 unspecified atom stereocenters. The van der Waals surface area contributed by atoms with Crippen LogP contribution in [-0.4, -0.2) is 30.9 Å². The van der Waals surface area contributed by atoms with E-state index in [1.807, 2.05) is 38.1 Å². The Morgan fingerprint density at radius 1 is 1.47 bits per heavy atom. The molecule has 0 spiro atoms. The maximum absolute atomic E-state index is 11.9. The average molecular weight is 302 g/mol. The summed E-state index contributed by atoms with van der Waals surface area (Å²) in [6, 6.07) is 7.71. The molecule has 1 aromatic carbocycles. The second kappa shape index (κ2) is 7.78. The maximum atomic E-state index is 11.9. The molecule has 3 nitrogen and oxygen atoms in total. The lowest BCUT2D eigenvalue weighted by molar-refractivity contribution is -0.150. The topological polar surface area (TPSA) is 38.3 Å². The zero-order chi connectivity index (χ0) is 14.3. The van der Waals surface area contributed by atoms with Gasteiger partial charge in [-0.2, -0.15) is 0 Å². The van der Waals surface area contributed by atoms with Crippen LogP contribution in [0.25, 0.3) is 0 Å². The average Bonchev–Trinajstić information content (AvgIpc) is 2.41. The van der Waals surface area contributed by atoms with Gasteiger partial charge in [0.2, 0.25) is 0 Å². The lowest BCUT2D eigenvalue weighted by atomic mass is 10.00. The molecule has 0 radical (unpaired) electrons. The highest BCUT2D eigenvalue weighted by molar-refractivity contribution is 7.99. The molecule has 0 aliphatic heterocycles. The largest absolute Gasteiger partial charge is 0.465 e. The minimum atomic E-state index is -0.649. The summed E-state index contributed by atoms with van der Waals surface area (Å²) in [5.74, 6) is 0.581. The first-order valence-electron chi connectivity index (χ1n) is 6.27. The van der Waals surface area contributed by atoms with Gasteiger partial charge in [0, 0.05) is 10.6 Å². The van der Waals surface area contributed by atoms with Crippen molar-refractivity contribution in [3.05, 3.63) is 29.3 Å². The molecule has 0 amide bonds. The first-order chi connectivity index (χ1) is 9.03. The van der Waals surface area contributed by atoms with Gasteiger partial charge in [-0.3, -0.25) is 4.79 Å². The number of thioether (sulfide) groups is 1. The van der Waals surface area contributed by atoms with Crippen molar-refractivity contribution in [3.63, 3.8) is 0 Å². The Hall–Kier alpha value is -0.710. The van der Waals surface area contributed by atoms with Gasteiger partial charge >= 0.3 is 5.97 Å². The van der Waals surface area contributed by atoms with Crippen LogP contribution in [0.3, 0.4) is 0 Å². The van der Waals surface area contributed by atoms with Gasteiger partial charge in [-0.15, -0.1) is 11.8 Å². The number of hydrogen-bond acceptors (Lipinski definition) is 4. The predicted octanol–water partition coefficient (Wildman–Crippen LogP) is 3.36. The fourth-order valence-electron chi connectivity index (χ4n) is 1.55. The van der Waals surface area contributed by atoms with Crippen molar-refractivity contribution in [1.82, 2.24) is 5.32 Å². The Bertz CT molecular complexity index is 428. The molecule has 0 saturated heterocycles. The van der Waals surface area contributed by atoms with E-state index in [0.717, 1.165) is 15.7 Å². The number of halogens is 1. The van der Waals surface area contributed by atoms with E-state index in [1.165, 1.54) is 0 Å². The number of carbonyl (C=O) groups excluding carboxylic acids is 1. The number of rotatable bonds is 7. The number of carbonyl (C=O) groups is 1. The number of esters is 1. The van der Waals surface area contributed by atoms with Gasteiger partial charge in [-0.25, -0.2) is 0 Å². The van der Waals surface area contributed by atoms with Crippen LogP contribution >= 0.6 is 23.4 Å². The molecule has 1 atom stereocenters. The fraction of sp³-hybridized carbons (Fsp3) is 0.500. The van der Waals surface area contributed by atoms with Crippen LogP contribution in [0.4, 0.5) is 0 Å². The molecule has 19 heavy (non-hydrogen) atoms. The second-order valence-electron chi connectivity index (χ2n) is 4.33. The molecule has 0 aliphatic rings. The van der Waals surface area contributed by atoms with E-state index in [1.54, 1.807) is 18.8 Å². The Labute approximate surface area is 124 Å². The van der Waals surface area contributed by atoms with Crippen molar-refractivity contribution < 1.29 is 9.53 Å². The Morgan fingerprint density at radius 2 is 2.16 bits per heavy atom. The summed E-state index contributed by atoms with van der Waals surface area (Å²) < 4.78 is 5.09. The third-order valence-electron chi connectivity index (χ3n) is 2.97. The monoisotopic (exact) mass is 301 g/mol. The van der Waals surface area contributed by atoms with Gasteiger partial charge in [-0.1, -0.05) is 23.7 Å². The zero-order valence-electron chi connectivity index (χ0n) is 11.5. The summed E-state index contributed by atoms with van der Waals surface area (Å²) in [5.41, 5.74) is -0.649. The normalized spacial score (nSPS) is 13.9. The van der Waals surface area contributed by atoms with Crippen molar-refractivity contribution in [2.24, 2.45) is 0 Å². The SMILES string of the molecule is CCOC(=O)C(C)(CCSc1ccccc1Cl)NC. The molecule has 0 heterocycles. The van der Waals surface area contributed by atoms with Crippen LogP contribution in [0, 0.1) is 0 Å². The standard InChI is InChI=1S/C14H20ClNO2S/c1-4-18-13(17)14(2,16-3)9-10-19-12-8-6-5-7-11(12)15/h5-8,16H,4,9-10H2,1-3H3. The highest BCUT2D eigenvalue weighted by Crippen LogP contribution is 2.28. The van der Waals surface area contributed by atoms with Crippen molar-refractivity contribution in [2.45, 2.75) is 30.7 Å². The van der Waals surface area contributed by atoms with Crippen molar-refractivity contribution in [1.29, 1.82) is 0 Å². The summed E-state index contributed by atoms with van der Waals surface area (Å²) in [4.78, 5) is 12.9. The molecular weight excluding hydrogens is 282 g/mol.